The lowest BCUT2D eigenvalue weighted by Crippen LogP contribution is -2.35. The van der Waals surface area contributed by atoms with Gasteiger partial charge < -0.3 is 20.1 Å². The van der Waals surface area contributed by atoms with Gasteiger partial charge in [0.25, 0.3) is 11.8 Å². The van der Waals surface area contributed by atoms with E-state index in [9.17, 15) is 9.59 Å². The van der Waals surface area contributed by atoms with Crippen LogP contribution in [0.1, 0.15) is 22.3 Å². The third kappa shape index (κ3) is 3.74. The highest BCUT2D eigenvalue weighted by atomic mass is 16.5. The first-order valence-corrected chi connectivity index (χ1v) is 8.08. The van der Waals surface area contributed by atoms with Gasteiger partial charge in [0, 0.05) is 17.8 Å². The van der Waals surface area contributed by atoms with Crippen LogP contribution in [0.4, 0.5) is 5.69 Å². The molecule has 2 aromatic carbocycles. The zero-order valence-electron chi connectivity index (χ0n) is 14.0. The van der Waals surface area contributed by atoms with Crippen molar-refractivity contribution in [2.75, 3.05) is 25.2 Å². The number of nitrogens with two attached hydrogens (primary N) is 1. The summed E-state index contributed by atoms with van der Waals surface area (Å²) in [5.74, 6) is 0.567. The molecule has 6 nitrogen and oxygen atoms in total. The van der Waals surface area contributed by atoms with Gasteiger partial charge in [-0.2, -0.15) is 0 Å². The Bertz CT molecular complexity index is 804. The summed E-state index contributed by atoms with van der Waals surface area (Å²) in [6.07, 6.45) is 1.81. The number of methoxy groups -OCH3 is 1. The molecule has 2 aromatic rings. The summed E-state index contributed by atoms with van der Waals surface area (Å²) < 4.78 is 10.5. The highest BCUT2D eigenvalue weighted by Crippen LogP contribution is 2.31. The molecule has 0 bridgehead atoms. The van der Waals surface area contributed by atoms with Crippen molar-refractivity contribution in [1.82, 2.24) is 0 Å². The van der Waals surface area contributed by atoms with Gasteiger partial charge in [-0.15, -0.1) is 0 Å². The van der Waals surface area contributed by atoms with Crippen molar-refractivity contribution in [3.05, 3.63) is 53.6 Å². The lowest BCUT2D eigenvalue weighted by Gasteiger charge is -2.30. The summed E-state index contributed by atoms with van der Waals surface area (Å²) in [6.45, 7) is 0.439. The van der Waals surface area contributed by atoms with Crippen molar-refractivity contribution in [3.63, 3.8) is 0 Å². The number of carbonyl (C=O) groups is 2. The zero-order valence-corrected chi connectivity index (χ0v) is 14.0. The first-order valence-electron chi connectivity index (χ1n) is 8.08. The van der Waals surface area contributed by atoms with Crippen molar-refractivity contribution in [3.8, 4) is 11.5 Å². The van der Waals surface area contributed by atoms with Gasteiger partial charge in [0.1, 0.15) is 11.5 Å². The predicted octanol–water partition coefficient (Wildman–Crippen LogP) is 2.15. The number of fused-ring (bicyclic) bond motifs is 1. The second-order valence-electron chi connectivity index (χ2n) is 5.84. The lowest BCUT2D eigenvalue weighted by molar-refractivity contribution is -0.119. The largest absolute Gasteiger partial charge is 0.497 e. The first kappa shape index (κ1) is 16.8. The zero-order chi connectivity index (χ0) is 17.8. The quantitative estimate of drug-likeness (QED) is 0.904. The molecule has 0 unspecified atom stereocenters. The number of ether oxygens (including phenoxy) is 2. The molecule has 25 heavy (non-hydrogen) atoms. The summed E-state index contributed by atoms with van der Waals surface area (Å²) in [5, 5.41) is 0. The van der Waals surface area contributed by atoms with Crippen LogP contribution in [0.3, 0.4) is 0 Å². The van der Waals surface area contributed by atoms with Gasteiger partial charge >= 0.3 is 0 Å². The highest BCUT2D eigenvalue weighted by molar-refractivity contribution is 6.07. The smallest absolute Gasteiger partial charge is 0.258 e. The van der Waals surface area contributed by atoms with Crippen molar-refractivity contribution in [1.29, 1.82) is 0 Å². The van der Waals surface area contributed by atoms with Crippen molar-refractivity contribution >= 4 is 17.5 Å². The monoisotopic (exact) mass is 340 g/mol. The Labute approximate surface area is 146 Å². The van der Waals surface area contributed by atoms with E-state index in [0.717, 1.165) is 29.8 Å². The number of rotatable bonds is 5. The summed E-state index contributed by atoms with van der Waals surface area (Å²) in [5.41, 5.74) is 7.59. The number of hydrogen-bond acceptors (Lipinski definition) is 4. The Kier molecular flexibility index (Phi) is 4.88. The van der Waals surface area contributed by atoms with Crippen LogP contribution in [0.25, 0.3) is 0 Å². The van der Waals surface area contributed by atoms with Crippen LogP contribution in [0, 0.1) is 0 Å². The van der Waals surface area contributed by atoms with Crippen molar-refractivity contribution in [2.45, 2.75) is 12.8 Å². The average Bonchev–Trinajstić information content (AvgIpc) is 2.65. The van der Waals surface area contributed by atoms with Gasteiger partial charge in [-0.3, -0.25) is 9.59 Å². The lowest BCUT2D eigenvalue weighted by atomic mass is 10.0. The number of benzene rings is 2. The van der Waals surface area contributed by atoms with Crippen LogP contribution in [0.2, 0.25) is 0 Å². The molecular weight excluding hydrogens is 320 g/mol. The van der Waals surface area contributed by atoms with Crippen LogP contribution in [0.15, 0.2) is 42.5 Å². The van der Waals surface area contributed by atoms with E-state index in [4.69, 9.17) is 15.2 Å². The van der Waals surface area contributed by atoms with E-state index < -0.39 is 5.91 Å². The number of carbonyl (C=O) groups excluding carboxylic acids is 2. The summed E-state index contributed by atoms with van der Waals surface area (Å²) in [7, 11) is 1.63. The third-order valence-corrected chi connectivity index (χ3v) is 4.11. The number of aryl methyl sites for hydroxylation is 1. The number of nitrogens with zero attached hydrogens (tertiary/aromatic N) is 1. The fraction of sp³-hybridized carbons (Fsp3) is 0.263. The van der Waals surface area contributed by atoms with E-state index in [0.29, 0.717) is 17.9 Å². The van der Waals surface area contributed by atoms with Crippen LogP contribution in [-0.2, 0) is 11.2 Å². The molecule has 2 N–H and O–H groups in total. The van der Waals surface area contributed by atoms with E-state index in [-0.39, 0.29) is 12.5 Å². The van der Waals surface area contributed by atoms with Gasteiger partial charge in [-0.05, 0) is 54.8 Å². The molecule has 0 aromatic heterocycles. The molecule has 6 heteroatoms. The Morgan fingerprint density at radius 3 is 2.76 bits per heavy atom. The normalized spacial score (nSPS) is 13.1. The maximum Gasteiger partial charge on any atom is 0.258 e. The molecule has 130 valence electrons. The minimum atomic E-state index is -0.560. The van der Waals surface area contributed by atoms with Crippen LogP contribution < -0.4 is 20.1 Å². The van der Waals surface area contributed by atoms with Crippen molar-refractivity contribution in [2.24, 2.45) is 5.73 Å². The van der Waals surface area contributed by atoms with Gasteiger partial charge in [0.15, 0.2) is 6.61 Å². The minimum Gasteiger partial charge on any atom is -0.497 e. The Morgan fingerprint density at radius 2 is 2.00 bits per heavy atom. The SMILES string of the molecule is COc1ccc2c(c1)CCCN2C(=O)c1cccc(OCC(N)=O)c1. The average molecular weight is 340 g/mol. The van der Waals surface area contributed by atoms with E-state index in [1.54, 1.807) is 36.3 Å². The first-order chi connectivity index (χ1) is 12.1. The fourth-order valence-corrected chi connectivity index (χ4v) is 2.94. The molecule has 0 saturated heterocycles. The maximum atomic E-state index is 13.0. The number of hydrogen-bond donors (Lipinski definition) is 1. The number of anilines is 1. The van der Waals surface area contributed by atoms with E-state index in [2.05, 4.69) is 0 Å². The molecule has 0 atom stereocenters. The predicted molar refractivity (Wildman–Crippen MR) is 94.1 cm³/mol. The van der Waals surface area contributed by atoms with Gasteiger partial charge in [0.2, 0.25) is 0 Å². The van der Waals surface area contributed by atoms with Crippen molar-refractivity contribution < 1.29 is 19.1 Å². The fourth-order valence-electron chi connectivity index (χ4n) is 2.94. The molecular formula is C19H20N2O4. The van der Waals surface area contributed by atoms with Gasteiger partial charge in [-0.1, -0.05) is 6.07 Å². The molecule has 2 amide bonds. The van der Waals surface area contributed by atoms with Crippen LogP contribution in [-0.4, -0.2) is 32.1 Å². The van der Waals surface area contributed by atoms with Gasteiger partial charge in [0.05, 0.1) is 7.11 Å². The number of primary amides is 1. The second kappa shape index (κ2) is 7.25. The van der Waals surface area contributed by atoms with Gasteiger partial charge in [-0.25, -0.2) is 0 Å². The van der Waals surface area contributed by atoms with Crippen LogP contribution >= 0.6 is 0 Å². The Hall–Kier alpha value is -3.02. The minimum absolute atomic E-state index is 0.101. The molecule has 0 aliphatic carbocycles. The molecule has 1 aliphatic rings. The molecule has 0 fully saturated rings. The Morgan fingerprint density at radius 1 is 1.16 bits per heavy atom. The second-order valence-corrected chi connectivity index (χ2v) is 5.84. The molecule has 0 radical (unpaired) electrons. The standard InChI is InChI=1S/C19H20N2O4/c1-24-15-7-8-17-13(10-15)5-3-9-21(17)19(23)14-4-2-6-16(11-14)25-12-18(20)22/h2,4,6-8,10-11H,3,5,9,12H2,1H3,(H2,20,22). The molecule has 1 aliphatic heterocycles. The van der Waals surface area contributed by atoms with E-state index in [1.807, 2.05) is 18.2 Å². The Balaban J connectivity index is 1.85. The van der Waals surface area contributed by atoms with Crippen LogP contribution in [0.5, 0.6) is 11.5 Å². The molecule has 1 heterocycles. The van der Waals surface area contributed by atoms with E-state index >= 15 is 0 Å². The summed E-state index contributed by atoms with van der Waals surface area (Å²) in [4.78, 5) is 25.6. The van der Waals surface area contributed by atoms with E-state index in [1.165, 1.54) is 0 Å². The molecule has 0 spiro atoms. The summed E-state index contributed by atoms with van der Waals surface area (Å²) >= 11 is 0. The highest BCUT2D eigenvalue weighted by Gasteiger charge is 2.24. The maximum absolute atomic E-state index is 13.0. The molecule has 3 rings (SSSR count). The summed E-state index contributed by atoms with van der Waals surface area (Å²) in [6, 6.07) is 12.5. The molecule has 0 saturated carbocycles. The third-order valence-electron chi connectivity index (χ3n) is 4.11. The topological polar surface area (TPSA) is 81.9 Å². The number of amides is 2.